The average Bonchev–Trinajstić information content (AvgIpc) is 2.81. The third-order valence-electron chi connectivity index (χ3n) is 4.56. The molecule has 0 saturated heterocycles. The highest BCUT2D eigenvalue weighted by Crippen LogP contribution is 2.38. The molecule has 0 heterocycles. The summed E-state index contributed by atoms with van der Waals surface area (Å²) in [5.41, 5.74) is 5.99. The Bertz CT molecular complexity index is 967. The van der Waals surface area contributed by atoms with E-state index in [1.165, 1.54) is 33.5 Å². The fourth-order valence-corrected chi connectivity index (χ4v) is 3.04. The summed E-state index contributed by atoms with van der Waals surface area (Å²) in [6.07, 6.45) is -0.0825. The first-order valence-electron chi connectivity index (χ1n) is 10.1. The molecule has 1 atom stereocenters. The molecule has 0 aromatic heterocycles. The molecule has 0 bridgehead atoms. The van der Waals surface area contributed by atoms with Gasteiger partial charge in [0.05, 0.1) is 40.4 Å². The molecule has 2 amide bonds. The minimum absolute atomic E-state index is 0.0825. The number of carbonyl (C=O) groups is 3. The number of nitrogens with one attached hydrogen (secondary N) is 1. The van der Waals surface area contributed by atoms with Crippen molar-refractivity contribution in [2.45, 2.75) is 19.4 Å². The van der Waals surface area contributed by atoms with Gasteiger partial charge in [-0.25, -0.2) is 0 Å². The van der Waals surface area contributed by atoms with Crippen molar-refractivity contribution >= 4 is 17.8 Å². The number of primary amides is 1. The van der Waals surface area contributed by atoms with Crippen molar-refractivity contribution in [2.75, 3.05) is 34.5 Å². The topological polar surface area (TPSA) is 135 Å². The summed E-state index contributed by atoms with van der Waals surface area (Å²) in [4.78, 5) is 36.4. The summed E-state index contributed by atoms with van der Waals surface area (Å²) in [5, 5.41) is 2.84. The fourth-order valence-electron chi connectivity index (χ4n) is 3.04. The first kappa shape index (κ1) is 25.3. The van der Waals surface area contributed by atoms with Gasteiger partial charge in [0, 0.05) is 5.56 Å². The molecule has 3 N–H and O–H groups in total. The molecule has 10 nitrogen and oxygen atoms in total. The van der Waals surface area contributed by atoms with Crippen LogP contribution < -0.4 is 30.0 Å². The molecule has 10 heteroatoms. The third-order valence-corrected chi connectivity index (χ3v) is 4.56. The van der Waals surface area contributed by atoms with E-state index in [0.29, 0.717) is 11.3 Å². The molecular formula is C23H28N2O8. The molecule has 178 valence electrons. The van der Waals surface area contributed by atoms with E-state index in [2.05, 4.69) is 5.32 Å². The van der Waals surface area contributed by atoms with Crippen LogP contribution in [0.5, 0.6) is 23.0 Å². The molecule has 0 aliphatic rings. The predicted molar refractivity (Wildman–Crippen MR) is 119 cm³/mol. The normalized spacial score (nSPS) is 11.2. The molecular weight excluding hydrogens is 432 g/mol. The van der Waals surface area contributed by atoms with Gasteiger partial charge in [-0.15, -0.1) is 0 Å². The first-order valence-corrected chi connectivity index (χ1v) is 10.1. The summed E-state index contributed by atoms with van der Waals surface area (Å²) < 4.78 is 26.3. The number of amides is 2. The van der Waals surface area contributed by atoms with Crippen molar-refractivity contribution in [2.24, 2.45) is 5.73 Å². The molecule has 2 aromatic carbocycles. The average molecular weight is 460 g/mol. The van der Waals surface area contributed by atoms with Crippen LogP contribution in [0, 0.1) is 0 Å². The van der Waals surface area contributed by atoms with Crippen LogP contribution in [0.2, 0.25) is 0 Å². The van der Waals surface area contributed by atoms with Gasteiger partial charge in [0.15, 0.2) is 18.1 Å². The number of hydrogen-bond donors (Lipinski definition) is 2. The van der Waals surface area contributed by atoms with Gasteiger partial charge in [-0.1, -0.05) is 12.1 Å². The second kappa shape index (κ2) is 12.2. The van der Waals surface area contributed by atoms with Crippen molar-refractivity contribution < 1.29 is 38.1 Å². The maximum atomic E-state index is 13.1. The van der Waals surface area contributed by atoms with Crippen molar-refractivity contribution in [3.8, 4) is 23.0 Å². The van der Waals surface area contributed by atoms with Crippen molar-refractivity contribution in [3.63, 3.8) is 0 Å². The van der Waals surface area contributed by atoms with E-state index in [-0.39, 0.29) is 35.8 Å². The Morgan fingerprint density at radius 2 is 1.67 bits per heavy atom. The lowest BCUT2D eigenvalue weighted by Crippen LogP contribution is -2.30. The van der Waals surface area contributed by atoms with E-state index in [9.17, 15) is 14.4 Å². The largest absolute Gasteiger partial charge is 0.497 e. The van der Waals surface area contributed by atoms with Crippen LogP contribution in [0.25, 0.3) is 0 Å². The summed E-state index contributed by atoms with van der Waals surface area (Å²) >= 11 is 0. The van der Waals surface area contributed by atoms with Gasteiger partial charge in [0.2, 0.25) is 5.75 Å². The Hall–Kier alpha value is -3.95. The predicted octanol–water partition coefficient (Wildman–Crippen LogP) is 2.00. The van der Waals surface area contributed by atoms with Gasteiger partial charge in [0.25, 0.3) is 11.8 Å². The van der Waals surface area contributed by atoms with Crippen molar-refractivity contribution in [1.82, 2.24) is 5.32 Å². The maximum absolute atomic E-state index is 13.1. The van der Waals surface area contributed by atoms with Gasteiger partial charge in [-0.2, -0.15) is 0 Å². The number of benzene rings is 2. The van der Waals surface area contributed by atoms with Crippen molar-refractivity contribution in [3.05, 3.63) is 47.5 Å². The molecule has 33 heavy (non-hydrogen) atoms. The van der Waals surface area contributed by atoms with E-state index in [1.807, 2.05) is 0 Å². The Labute approximate surface area is 191 Å². The van der Waals surface area contributed by atoms with Crippen LogP contribution >= 0.6 is 0 Å². The molecule has 0 saturated carbocycles. The number of methoxy groups -OCH3 is 3. The van der Waals surface area contributed by atoms with Gasteiger partial charge in [-0.05, 0) is 36.8 Å². The Morgan fingerprint density at radius 1 is 1.00 bits per heavy atom. The van der Waals surface area contributed by atoms with Crippen molar-refractivity contribution in [1.29, 1.82) is 0 Å². The lowest BCUT2D eigenvalue weighted by atomic mass is 10.0. The number of hydrogen-bond acceptors (Lipinski definition) is 8. The highest BCUT2D eigenvalue weighted by atomic mass is 16.5. The standard InChI is InChI=1S/C23H28N2O8/c1-5-32-21(27)12-17(14-7-6-8-16(9-14)29-2)25-23(28)15-10-18(30-3)22(19(11-15)31-4)33-13-20(24)26/h6-11,17H,5,12-13H2,1-4H3,(H2,24,26)(H,25,28). The molecule has 0 aliphatic heterocycles. The van der Waals surface area contributed by atoms with E-state index in [1.54, 1.807) is 31.2 Å². The lowest BCUT2D eigenvalue weighted by molar-refractivity contribution is -0.143. The lowest BCUT2D eigenvalue weighted by Gasteiger charge is -2.20. The number of nitrogens with two attached hydrogens (primary N) is 1. The zero-order valence-corrected chi connectivity index (χ0v) is 19.0. The molecule has 0 spiro atoms. The summed E-state index contributed by atoms with van der Waals surface area (Å²) in [6, 6.07) is 9.20. The van der Waals surface area contributed by atoms with Gasteiger partial charge < -0.3 is 34.7 Å². The molecule has 2 aromatic rings. The smallest absolute Gasteiger partial charge is 0.308 e. The zero-order chi connectivity index (χ0) is 24.4. The SMILES string of the molecule is CCOC(=O)CC(NC(=O)c1cc(OC)c(OCC(N)=O)c(OC)c1)c1cccc(OC)c1. The van der Waals surface area contributed by atoms with Crippen LogP contribution in [0.3, 0.4) is 0 Å². The zero-order valence-electron chi connectivity index (χ0n) is 19.0. The van der Waals surface area contributed by atoms with Gasteiger partial charge in [0.1, 0.15) is 5.75 Å². The van der Waals surface area contributed by atoms with E-state index in [0.717, 1.165) is 0 Å². The van der Waals surface area contributed by atoms with Crippen LogP contribution in [0.1, 0.15) is 35.3 Å². The van der Waals surface area contributed by atoms with Gasteiger partial charge in [-0.3, -0.25) is 14.4 Å². The Kier molecular flexibility index (Phi) is 9.34. The van der Waals surface area contributed by atoms with Crippen LogP contribution in [-0.2, 0) is 14.3 Å². The second-order valence-corrected chi connectivity index (χ2v) is 6.78. The third kappa shape index (κ3) is 7.03. The van der Waals surface area contributed by atoms with E-state index < -0.39 is 30.4 Å². The molecule has 0 aliphatic carbocycles. The van der Waals surface area contributed by atoms with E-state index >= 15 is 0 Å². The number of rotatable bonds is 12. The molecule has 0 fully saturated rings. The summed E-state index contributed by atoms with van der Waals surface area (Å²) in [5.74, 6) is -0.587. The van der Waals surface area contributed by atoms with E-state index in [4.69, 9.17) is 29.4 Å². The van der Waals surface area contributed by atoms with Gasteiger partial charge >= 0.3 is 5.97 Å². The Balaban J connectivity index is 2.37. The van der Waals surface area contributed by atoms with Crippen LogP contribution in [0.4, 0.5) is 0 Å². The Morgan fingerprint density at radius 3 is 2.21 bits per heavy atom. The molecule has 1 unspecified atom stereocenters. The molecule has 0 radical (unpaired) electrons. The first-order chi connectivity index (χ1) is 15.8. The molecule has 2 rings (SSSR count). The number of esters is 1. The highest BCUT2D eigenvalue weighted by molar-refractivity contribution is 5.96. The van der Waals surface area contributed by atoms with Crippen LogP contribution in [0.15, 0.2) is 36.4 Å². The highest BCUT2D eigenvalue weighted by Gasteiger charge is 2.23. The number of carbonyl (C=O) groups excluding carboxylic acids is 3. The van der Waals surface area contributed by atoms with Crippen LogP contribution in [-0.4, -0.2) is 52.3 Å². The fraction of sp³-hybridized carbons (Fsp3) is 0.348. The minimum atomic E-state index is -0.686. The maximum Gasteiger partial charge on any atom is 0.308 e. The summed E-state index contributed by atoms with van der Waals surface area (Å²) in [6.45, 7) is 1.53. The minimum Gasteiger partial charge on any atom is -0.497 e. The quantitative estimate of drug-likeness (QED) is 0.459. The second-order valence-electron chi connectivity index (χ2n) is 6.78. The number of ether oxygens (including phenoxy) is 5. The summed E-state index contributed by atoms with van der Waals surface area (Å²) in [7, 11) is 4.29. The monoisotopic (exact) mass is 460 g/mol.